The van der Waals surface area contributed by atoms with Gasteiger partial charge in [-0.1, -0.05) is 37.6 Å². The largest absolute Gasteiger partial charge is 0.365 e. The molecule has 3 N–H and O–H groups in total. The lowest BCUT2D eigenvalue weighted by Crippen LogP contribution is -2.30. The van der Waals surface area contributed by atoms with E-state index in [9.17, 15) is 0 Å². The van der Waals surface area contributed by atoms with Crippen LogP contribution < -0.4 is 11.1 Å². The van der Waals surface area contributed by atoms with Crippen LogP contribution in [-0.4, -0.2) is 20.6 Å². The maximum Gasteiger partial charge on any atom is 0.157 e. The molecule has 5 nitrogen and oxygen atoms in total. The highest BCUT2D eigenvalue weighted by Gasteiger charge is 2.29. The minimum atomic E-state index is -0.000368. The van der Waals surface area contributed by atoms with Crippen molar-refractivity contribution >= 4 is 11.5 Å². The highest BCUT2D eigenvalue weighted by Crippen LogP contribution is 2.31. The summed E-state index contributed by atoms with van der Waals surface area (Å²) in [6.07, 6.45) is 4.76. The van der Waals surface area contributed by atoms with Crippen LogP contribution in [0.2, 0.25) is 0 Å². The Morgan fingerprint density at radius 1 is 1.30 bits per heavy atom. The summed E-state index contributed by atoms with van der Waals surface area (Å²) in [4.78, 5) is 4.65. The Labute approximate surface area is 135 Å². The Balaban J connectivity index is 1.67. The fourth-order valence-corrected chi connectivity index (χ4v) is 3.41. The number of aryl methyl sites for hydroxylation is 1. The van der Waals surface area contributed by atoms with E-state index in [4.69, 9.17) is 5.73 Å². The maximum atomic E-state index is 6.45. The van der Waals surface area contributed by atoms with Gasteiger partial charge in [0.2, 0.25) is 0 Å². The highest BCUT2D eigenvalue weighted by atomic mass is 15.3. The number of nitrogens with two attached hydrogens (primary N) is 1. The normalized spacial score (nSPS) is 19.9. The molecule has 5 heteroatoms. The van der Waals surface area contributed by atoms with Gasteiger partial charge >= 0.3 is 0 Å². The molecule has 0 saturated heterocycles. The number of benzene rings is 1. The lowest BCUT2D eigenvalue weighted by molar-refractivity contribution is 0.624. The molecule has 1 aromatic carbocycles. The van der Waals surface area contributed by atoms with Crippen molar-refractivity contribution in [3.63, 3.8) is 0 Å². The lowest BCUT2D eigenvalue weighted by atomic mass is 10.1. The molecule has 0 fully saturated rings. The Morgan fingerprint density at radius 3 is 3.00 bits per heavy atom. The van der Waals surface area contributed by atoms with Crippen LogP contribution in [-0.2, 0) is 12.8 Å². The molecule has 2 heterocycles. The minimum absolute atomic E-state index is 0.000368. The van der Waals surface area contributed by atoms with Crippen LogP contribution in [0.4, 0.5) is 5.82 Å². The zero-order valence-electron chi connectivity index (χ0n) is 13.2. The molecule has 0 spiro atoms. The summed E-state index contributed by atoms with van der Waals surface area (Å²) in [5.41, 5.74) is 11.0. The van der Waals surface area contributed by atoms with Crippen LogP contribution in [0.25, 0.3) is 5.65 Å². The Morgan fingerprint density at radius 2 is 2.17 bits per heavy atom. The molecule has 0 radical (unpaired) electrons. The molecule has 0 bridgehead atoms. The number of hydrogen-bond acceptors (Lipinski definition) is 4. The second-order valence-corrected chi connectivity index (χ2v) is 6.16. The monoisotopic (exact) mass is 307 g/mol. The predicted molar refractivity (Wildman–Crippen MR) is 91.5 cm³/mol. The van der Waals surface area contributed by atoms with Gasteiger partial charge in [0.15, 0.2) is 5.65 Å². The quantitative estimate of drug-likeness (QED) is 0.777. The number of aromatic nitrogens is 3. The van der Waals surface area contributed by atoms with E-state index in [-0.39, 0.29) is 12.1 Å². The number of hydrogen-bond donors (Lipinski definition) is 2. The van der Waals surface area contributed by atoms with Crippen molar-refractivity contribution in [2.45, 2.75) is 38.3 Å². The van der Waals surface area contributed by atoms with Crippen molar-refractivity contribution in [3.05, 3.63) is 59.4 Å². The predicted octanol–water partition coefficient (Wildman–Crippen LogP) is 2.72. The number of nitrogens with zero attached hydrogens (tertiary/aromatic N) is 3. The molecule has 118 valence electrons. The third-order valence-corrected chi connectivity index (χ3v) is 4.54. The van der Waals surface area contributed by atoms with Gasteiger partial charge in [0.05, 0.1) is 18.3 Å². The fraction of sp³-hybridized carbons (Fsp3) is 0.333. The highest BCUT2D eigenvalue weighted by molar-refractivity contribution is 5.51. The summed E-state index contributed by atoms with van der Waals surface area (Å²) in [6, 6.07) is 12.6. The number of fused-ring (bicyclic) bond motifs is 2. The van der Waals surface area contributed by atoms with Crippen molar-refractivity contribution in [1.82, 2.24) is 14.6 Å². The van der Waals surface area contributed by atoms with Gasteiger partial charge in [-0.15, -0.1) is 0 Å². The van der Waals surface area contributed by atoms with Crippen LogP contribution in [0.5, 0.6) is 0 Å². The van der Waals surface area contributed by atoms with Crippen LogP contribution in [0.1, 0.15) is 36.2 Å². The molecule has 4 rings (SSSR count). The van der Waals surface area contributed by atoms with Crippen LogP contribution >= 0.6 is 0 Å². The Hall–Kier alpha value is -2.40. The molecule has 1 aliphatic rings. The molecule has 2 atom stereocenters. The van der Waals surface area contributed by atoms with E-state index in [0.717, 1.165) is 36.4 Å². The van der Waals surface area contributed by atoms with E-state index in [0.29, 0.717) is 0 Å². The average Bonchev–Trinajstić information content (AvgIpc) is 3.14. The second-order valence-electron chi connectivity index (χ2n) is 6.16. The molecule has 0 unspecified atom stereocenters. The van der Waals surface area contributed by atoms with Crippen molar-refractivity contribution < 1.29 is 0 Å². The third kappa shape index (κ3) is 2.47. The van der Waals surface area contributed by atoms with Gasteiger partial charge in [0, 0.05) is 17.8 Å². The van der Waals surface area contributed by atoms with Crippen LogP contribution in [0.3, 0.4) is 0 Å². The molecule has 3 aromatic rings. The second kappa shape index (κ2) is 5.66. The van der Waals surface area contributed by atoms with E-state index in [1.807, 2.05) is 10.6 Å². The van der Waals surface area contributed by atoms with Gasteiger partial charge in [-0.3, -0.25) is 0 Å². The molecular formula is C18H21N5. The van der Waals surface area contributed by atoms with Crippen molar-refractivity contribution in [2.75, 3.05) is 5.32 Å². The van der Waals surface area contributed by atoms with Crippen molar-refractivity contribution in [1.29, 1.82) is 0 Å². The zero-order chi connectivity index (χ0) is 15.8. The van der Waals surface area contributed by atoms with E-state index in [1.54, 1.807) is 6.20 Å². The molecule has 0 saturated carbocycles. The molecule has 1 aliphatic carbocycles. The molecular weight excluding hydrogens is 286 g/mol. The zero-order valence-corrected chi connectivity index (χ0v) is 13.2. The standard InChI is InChI=1S/C18H21N5/c1-2-5-13-11-17(23-16(21-13)8-9-20-23)22-15-10-12-6-3-4-7-14(12)18(15)19/h3-4,6-9,11,15,18,22H,2,5,10,19H2,1H3/t15-,18-/m0/s1. The first-order valence-electron chi connectivity index (χ1n) is 8.20. The Bertz CT molecular complexity index is 838. The summed E-state index contributed by atoms with van der Waals surface area (Å²) in [5, 5.41) is 7.99. The van der Waals surface area contributed by atoms with E-state index < -0.39 is 0 Å². The first kappa shape index (κ1) is 14.2. The first-order valence-corrected chi connectivity index (χ1v) is 8.20. The molecule has 2 aromatic heterocycles. The van der Waals surface area contributed by atoms with Gasteiger partial charge in [0.1, 0.15) is 5.82 Å². The maximum absolute atomic E-state index is 6.45. The molecule has 0 aliphatic heterocycles. The van der Waals surface area contributed by atoms with Gasteiger partial charge < -0.3 is 11.1 Å². The van der Waals surface area contributed by atoms with E-state index in [2.05, 4.69) is 52.7 Å². The van der Waals surface area contributed by atoms with E-state index >= 15 is 0 Å². The summed E-state index contributed by atoms with van der Waals surface area (Å²) >= 11 is 0. The third-order valence-electron chi connectivity index (χ3n) is 4.54. The summed E-state index contributed by atoms with van der Waals surface area (Å²) in [5.74, 6) is 0.969. The van der Waals surface area contributed by atoms with Gasteiger partial charge in [-0.25, -0.2) is 4.98 Å². The molecule has 0 amide bonds. The van der Waals surface area contributed by atoms with Crippen molar-refractivity contribution in [3.8, 4) is 0 Å². The van der Waals surface area contributed by atoms with Gasteiger partial charge in [0.25, 0.3) is 0 Å². The summed E-state index contributed by atoms with van der Waals surface area (Å²) in [6.45, 7) is 2.17. The van der Waals surface area contributed by atoms with E-state index in [1.165, 1.54) is 11.1 Å². The topological polar surface area (TPSA) is 68.2 Å². The summed E-state index contributed by atoms with van der Waals surface area (Å²) < 4.78 is 1.86. The van der Waals surface area contributed by atoms with Crippen LogP contribution in [0, 0.1) is 0 Å². The van der Waals surface area contributed by atoms with Crippen LogP contribution in [0.15, 0.2) is 42.6 Å². The van der Waals surface area contributed by atoms with Gasteiger partial charge in [-0.05, 0) is 24.0 Å². The number of anilines is 1. The van der Waals surface area contributed by atoms with Gasteiger partial charge in [-0.2, -0.15) is 9.61 Å². The SMILES string of the molecule is CCCc1cc(N[C@H]2Cc3ccccc3[C@@H]2N)n2nccc2n1. The smallest absolute Gasteiger partial charge is 0.157 e. The number of rotatable bonds is 4. The fourth-order valence-electron chi connectivity index (χ4n) is 3.41. The lowest BCUT2D eigenvalue weighted by Gasteiger charge is -2.20. The Kier molecular flexibility index (Phi) is 3.50. The summed E-state index contributed by atoms with van der Waals surface area (Å²) in [7, 11) is 0. The average molecular weight is 307 g/mol. The van der Waals surface area contributed by atoms with Crippen molar-refractivity contribution in [2.24, 2.45) is 5.73 Å². The number of nitrogens with one attached hydrogen (secondary N) is 1. The minimum Gasteiger partial charge on any atom is -0.365 e. The first-order chi connectivity index (χ1) is 11.3. The molecule has 23 heavy (non-hydrogen) atoms.